The molecule has 6 nitrogen and oxygen atoms in total. The van der Waals surface area contributed by atoms with Crippen LogP contribution in [-0.2, 0) is 30.8 Å². The fourth-order valence-electron chi connectivity index (χ4n) is 4.56. The van der Waals surface area contributed by atoms with Crippen molar-refractivity contribution in [1.29, 1.82) is 0 Å². The lowest BCUT2D eigenvalue weighted by molar-refractivity contribution is -0.123. The number of para-hydroxylation sites is 1. The van der Waals surface area contributed by atoms with Crippen LogP contribution in [0.4, 0.5) is 15.8 Å². The Kier molecular flexibility index (Phi) is 4.46. The summed E-state index contributed by atoms with van der Waals surface area (Å²) >= 11 is 0. The number of benzene rings is 3. The van der Waals surface area contributed by atoms with Gasteiger partial charge in [0.05, 0.1) is 12.2 Å². The quantitative estimate of drug-likeness (QED) is 0.614. The summed E-state index contributed by atoms with van der Waals surface area (Å²) in [4.78, 5) is 27.2. The van der Waals surface area contributed by atoms with E-state index in [-0.39, 0.29) is 12.1 Å². The van der Waals surface area contributed by atoms with E-state index in [2.05, 4.69) is 0 Å². The van der Waals surface area contributed by atoms with Crippen molar-refractivity contribution in [3.63, 3.8) is 0 Å². The van der Waals surface area contributed by atoms with Crippen LogP contribution in [0.1, 0.15) is 16.7 Å². The Hall–Kier alpha value is -3.52. The number of sulfone groups is 1. The van der Waals surface area contributed by atoms with Crippen LogP contribution in [0.5, 0.6) is 0 Å². The zero-order valence-electron chi connectivity index (χ0n) is 17.2. The zero-order valence-corrected chi connectivity index (χ0v) is 18.0. The molecular weight excluding hydrogens is 431 g/mol. The molecule has 0 aromatic heterocycles. The van der Waals surface area contributed by atoms with Gasteiger partial charge in [-0.05, 0) is 42.8 Å². The molecule has 2 aliphatic heterocycles. The molecule has 0 saturated carbocycles. The molecule has 0 radical (unpaired) electrons. The molecule has 2 heterocycles. The molecule has 32 heavy (non-hydrogen) atoms. The van der Waals surface area contributed by atoms with Crippen LogP contribution in [0.2, 0.25) is 0 Å². The van der Waals surface area contributed by atoms with Crippen LogP contribution in [0.15, 0.2) is 72.8 Å². The van der Waals surface area contributed by atoms with Gasteiger partial charge in [-0.15, -0.1) is 0 Å². The van der Waals surface area contributed by atoms with Gasteiger partial charge in [0.2, 0.25) is 5.91 Å². The van der Waals surface area contributed by atoms with E-state index in [0.29, 0.717) is 16.9 Å². The minimum Gasteiger partial charge on any atom is -0.304 e. The largest absolute Gasteiger partial charge is 0.304 e. The third-order valence-electron chi connectivity index (χ3n) is 5.94. The van der Waals surface area contributed by atoms with Gasteiger partial charge in [0.15, 0.2) is 9.84 Å². The smallest absolute Gasteiger partial charge is 0.274 e. The van der Waals surface area contributed by atoms with Gasteiger partial charge < -0.3 is 4.90 Å². The van der Waals surface area contributed by atoms with E-state index in [0.717, 1.165) is 10.5 Å². The first kappa shape index (κ1) is 20.4. The van der Waals surface area contributed by atoms with Crippen LogP contribution in [0.25, 0.3) is 0 Å². The van der Waals surface area contributed by atoms with Crippen LogP contribution >= 0.6 is 0 Å². The van der Waals surface area contributed by atoms with Gasteiger partial charge in [-0.25, -0.2) is 12.8 Å². The summed E-state index contributed by atoms with van der Waals surface area (Å²) in [7, 11) is -4.23. The number of nitrogens with zero attached hydrogens (tertiary/aromatic N) is 2. The van der Waals surface area contributed by atoms with Crippen molar-refractivity contribution in [1.82, 2.24) is 0 Å². The predicted octanol–water partition coefficient (Wildman–Crippen LogP) is 3.30. The van der Waals surface area contributed by atoms with Gasteiger partial charge in [0.25, 0.3) is 10.8 Å². The first-order valence-electron chi connectivity index (χ1n) is 10.0. The summed E-state index contributed by atoms with van der Waals surface area (Å²) in [5.41, 5.74) is 2.39. The Bertz CT molecular complexity index is 1370. The standard InChI is InChI=1S/C24H19FN2O4S/c1-16-9-11-19(12-10-16)27-22(28)15-32(30,31)24(27)20-7-2-3-8-21(20)26(23(24)29)14-17-5-4-6-18(25)13-17/h2-13H,14-15H2,1H3/t24-/m1/s1. The van der Waals surface area contributed by atoms with Crippen molar-refractivity contribution >= 4 is 33.0 Å². The fourth-order valence-corrected chi connectivity index (χ4v) is 6.59. The summed E-state index contributed by atoms with van der Waals surface area (Å²) in [5, 5.41) is 0. The third kappa shape index (κ3) is 2.72. The number of carbonyl (C=O) groups excluding carboxylic acids is 2. The third-order valence-corrected chi connectivity index (χ3v) is 8.05. The molecule has 2 amide bonds. The van der Waals surface area contributed by atoms with E-state index >= 15 is 0 Å². The molecular formula is C24H19FN2O4S. The minimum absolute atomic E-state index is 0.0270. The normalized spacial score (nSPS) is 21.4. The Balaban J connectivity index is 1.73. The predicted molar refractivity (Wildman–Crippen MR) is 118 cm³/mol. The highest BCUT2D eigenvalue weighted by atomic mass is 32.2. The van der Waals surface area contributed by atoms with Crippen LogP contribution in [0, 0.1) is 12.7 Å². The van der Waals surface area contributed by atoms with Crippen LogP contribution in [-0.4, -0.2) is 26.0 Å². The number of hydrogen-bond donors (Lipinski definition) is 0. The summed E-state index contributed by atoms with van der Waals surface area (Å²) in [6.45, 7) is 1.85. The van der Waals surface area contributed by atoms with E-state index in [9.17, 15) is 22.4 Å². The first-order valence-corrected chi connectivity index (χ1v) is 11.7. The molecule has 5 rings (SSSR count). The van der Waals surface area contributed by atoms with Crippen molar-refractivity contribution in [2.45, 2.75) is 18.3 Å². The van der Waals surface area contributed by atoms with Gasteiger partial charge in [-0.3, -0.25) is 14.5 Å². The van der Waals surface area contributed by atoms with Crippen molar-refractivity contribution in [2.24, 2.45) is 0 Å². The van der Waals surface area contributed by atoms with Crippen LogP contribution in [0.3, 0.4) is 0 Å². The fraction of sp³-hybridized carbons (Fsp3) is 0.167. The van der Waals surface area contributed by atoms with Gasteiger partial charge in [-0.1, -0.05) is 48.0 Å². The van der Waals surface area contributed by atoms with Gasteiger partial charge >= 0.3 is 0 Å². The molecule has 0 bridgehead atoms. The molecule has 0 unspecified atom stereocenters. The molecule has 1 spiro atoms. The Morgan fingerprint density at radius 3 is 2.41 bits per heavy atom. The van der Waals surface area contributed by atoms with Crippen molar-refractivity contribution < 1.29 is 22.4 Å². The number of carbonyl (C=O) groups is 2. The lowest BCUT2D eigenvalue weighted by Crippen LogP contribution is -2.54. The van der Waals surface area contributed by atoms with Crippen molar-refractivity contribution in [3.05, 3.63) is 95.3 Å². The second-order valence-electron chi connectivity index (χ2n) is 8.01. The van der Waals surface area contributed by atoms with Gasteiger partial charge in [0.1, 0.15) is 11.6 Å². The van der Waals surface area contributed by atoms with Crippen LogP contribution < -0.4 is 9.80 Å². The maximum atomic E-state index is 13.9. The van der Waals surface area contributed by atoms with E-state index in [4.69, 9.17) is 0 Å². The molecule has 1 fully saturated rings. The summed E-state index contributed by atoms with van der Waals surface area (Å²) < 4.78 is 40.8. The Morgan fingerprint density at radius 1 is 0.969 bits per heavy atom. The monoisotopic (exact) mass is 450 g/mol. The average Bonchev–Trinajstić information content (AvgIpc) is 3.12. The van der Waals surface area contributed by atoms with Crippen molar-refractivity contribution in [2.75, 3.05) is 15.6 Å². The van der Waals surface area contributed by atoms with Gasteiger partial charge in [0, 0.05) is 11.3 Å². The average molecular weight is 450 g/mol. The lowest BCUT2D eigenvalue weighted by Gasteiger charge is -2.32. The summed E-state index contributed by atoms with van der Waals surface area (Å²) in [5.74, 6) is -2.63. The van der Waals surface area contributed by atoms with E-state index < -0.39 is 38.1 Å². The van der Waals surface area contributed by atoms with E-state index in [1.807, 2.05) is 6.92 Å². The highest BCUT2D eigenvalue weighted by molar-refractivity contribution is 7.94. The van der Waals surface area contributed by atoms with E-state index in [1.165, 1.54) is 23.1 Å². The highest BCUT2D eigenvalue weighted by Crippen LogP contribution is 2.52. The Morgan fingerprint density at radius 2 is 1.69 bits per heavy atom. The van der Waals surface area contributed by atoms with Crippen molar-refractivity contribution in [3.8, 4) is 0 Å². The summed E-state index contributed by atoms with van der Waals surface area (Å²) in [6.07, 6.45) is 0. The molecule has 1 atom stereocenters. The number of halogens is 1. The molecule has 1 saturated heterocycles. The second-order valence-corrected chi connectivity index (χ2v) is 10.1. The molecule has 3 aromatic carbocycles. The maximum Gasteiger partial charge on any atom is 0.274 e. The number of rotatable bonds is 3. The number of fused-ring (bicyclic) bond motifs is 2. The topological polar surface area (TPSA) is 74.8 Å². The minimum atomic E-state index is -4.23. The Labute approximate surface area is 184 Å². The summed E-state index contributed by atoms with van der Waals surface area (Å²) in [6, 6.07) is 19.1. The SMILES string of the molecule is Cc1ccc(N2C(=O)CS(=O)(=O)[C@]23C(=O)N(Cc2cccc(F)c2)c2ccccc23)cc1. The molecule has 2 aliphatic rings. The maximum absolute atomic E-state index is 13.9. The van der Waals surface area contributed by atoms with Gasteiger partial charge in [-0.2, -0.15) is 0 Å². The number of hydrogen-bond acceptors (Lipinski definition) is 4. The molecule has 0 aliphatic carbocycles. The number of aryl methyl sites for hydroxylation is 1. The number of anilines is 2. The first-order chi connectivity index (χ1) is 15.3. The molecule has 162 valence electrons. The molecule has 3 aromatic rings. The highest BCUT2D eigenvalue weighted by Gasteiger charge is 2.69. The molecule has 8 heteroatoms. The zero-order chi connectivity index (χ0) is 22.7. The second kappa shape index (κ2) is 7.00. The lowest BCUT2D eigenvalue weighted by atomic mass is 10.0. The van der Waals surface area contributed by atoms with E-state index in [1.54, 1.807) is 54.6 Å². The number of amides is 2. The molecule has 0 N–H and O–H groups in total.